The van der Waals surface area contributed by atoms with Gasteiger partial charge in [-0.2, -0.15) is 15.0 Å². The maximum Gasteiger partial charge on any atom is 0.269 e. The van der Waals surface area contributed by atoms with Crippen molar-refractivity contribution in [2.24, 2.45) is 5.41 Å². The first-order chi connectivity index (χ1) is 18.0. The van der Waals surface area contributed by atoms with Crippen molar-refractivity contribution in [2.45, 2.75) is 33.9 Å². The van der Waals surface area contributed by atoms with Crippen LogP contribution in [0.15, 0.2) is 53.7 Å². The van der Waals surface area contributed by atoms with Crippen LogP contribution in [-0.2, 0) is 13.1 Å². The Morgan fingerprint density at radius 3 is 2.50 bits per heavy atom. The van der Waals surface area contributed by atoms with Crippen molar-refractivity contribution in [3.63, 3.8) is 0 Å². The summed E-state index contributed by atoms with van der Waals surface area (Å²) in [5.74, 6) is -0.257. The van der Waals surface area contributed by atoms with E-state index in [4.69, 9.17) is 11.6 Å². The molecule has 12 heteroatoms. The Kier molecular flexibility index (Phi) is 7.57. The van der Waals surface area contributed by atoms with Crippen LogP contribution in [0.4, 0.5) is 5.82 Å². The number of aromatic nitrogens is 5. The lowest BCUT2D eigenvalue weighted by atomic mass is 9.96. The molecule has 0 spiro atoms. The van der Waals surface area contributed by atoms with Gasteiger partial charge in [-0.05, 0) is 24.3 Å². The lowest BCUT2D eigenvalue weighted by Crippen LogP contribution is -2.31. The summed E-state index contributed by atoms with van der Waals surface area (Å²) in [6.07, 6.45) is 4.29. The zero-order valence-electron chi connectivity index (χ0n) is 21.2. The molecule has 0 saturated heterocycles. The van der Waals surface area contributed by atoms with Gasteiger partial charge in [0.2, 0.25) is 5.78 Å². The third-order valence-corrected chi connectivity index (χ3v) is 6.84. The normalized spacial score (nSPS) is 11.3. The molecule has 0 aromatic carbocycles. The topological polar surface area (TPSA) is 127 Å². The maximum atomic E-state index is 13.3. The van der Waals surface area contributed by atoms with Gasteiger partial charge in [0.25, 0.3) is 11.5 Å². The Morgan fingerprint density at radius 2 is 1.89 bits per heavy atom. The Morgan fingerprint density at radius 1 is 1.18 bits per heavy atom. The molecule has 10 nitrogen and oxygen atoms in total. The fourth-order valence-electron chi connectivity index (χ4n) is 3.68. The Labute approximate surface area is 227 Å². The SMILES string of the molecule is CN(Cc1ccc(Cl)s1)c1cc(-c2ccn(CC(=O)c3ncccn3)c(=O)c2C#N)nn1C(=O)C(C)(C)C. The summed E-state index contributed by atoms with van der Waals surface area (Å²) in [6, 6.07) is 10.4. The van der Waals surface area contributed by atoms with Crippen molar-refractivity contribution < 1.29 is 9.59 Å². The monoisotopic (exact) mass is 549 g/mol. The molecule has 0 amide bonds. The fraction of sp³-hybridized carbons (Fsp3) is 0.269. The van der Waals surface area contributed by atoms with E-state index in [1.165, 1.54) is 40.7 Å². The van der Waals surface area contributed by atoms with E-state index in [0.717, 1.165) is 9.44 Å². The molecule has 0 unspecified atom stereocenters. The highest BCUT2D eigenvalue weighted by Crippen LogP contribution is 2.30. The number of rotatable bonds is 7. The highest BCUT2D eigenvalue weighted by atomic mass is 35.5. The number of anilines is 1. The van der Waals surface area contributed by atoms with Gasteiger partial charge in [-0.3, -0.25) is 14.4 Å². The Hall–Kier alpha value is -4.14. The molecule has 0 bridgehead atoms. The number of hydrogen-bond acceptors (Lipinski definition) is 9. The molecule has 0 N–H and O–H groups in total. The minimum atomic E-state index is -0.744. The number of nitrogens with zero attached hydrogens (tertiary/aromatic N) is 7. The zero-order chi connectivity index (χ0) is 27.6. The van der Waals surface area contributed by atoms with Crippen LogP contribution in [0.2, 0.25) is 4.34 Å². The first-order valence-electron chi connectivity index (χ1n) is 11.5. The third-order valence-electron chi connectivity index (χ3n) is 5.62. The van der Waals surface area contributed by atoms with Gasteiger partial charge in [0, 0.05) is 47.6 Å². The number of ketones is 1. The van der Waals surface area contributed by atoms with Gasteiger partial charge in [0.15, 0.2) is 5.82 Å². The molecule has 0 aliphatic carbocycles. The lowest BCUT2D eigenvalue weighted by molar-refractivity contribution is 0.0751. The van der Waals surface area contributed by atoms with E-state index < -0.39 is 16.8 Å². The third kappa shape index (κ3) is 5.56. The van der Waals surface area contributed by atoms with E-state index in [9.17, 15) is 19.6 Å². The molecule has 4 aromatic rings. The lowest BCUT2D eigenvalue weighted by Gasteiger charge is -2.22. The number of hydrogen-bond donors (Lipinski definition) is 0. The van der Waals surface area contributed by atoms with Crippen molar-refractivity contribution in [3.05, 3.63) is 79.9 Å². The number of nitriles is 1. The molecular formula is C26H24ClN7O3S. The van der Waals surface area contributed by atoms with E-state index in [-0.39, 0.29) is 35.1 Å². The van der Waals surface area contributed by atoms with Crippen molar-refractivity contribution in [1.82, 2.24) is 24.3 Å². The summed E-state index contributed by atoms with van der Waals surface area (Å²) in [4.78, 5) is 49.6. The first-order valence-corrected chi connectivity index (χ1v) is 12.7. The molecule has 4 aromatic heterocycles. The molecule has 0 atom stereocenters. The summed E-state index contributed by atoms with van der Waals surface area (Å²) in [5, 5.41) is 14.4. The minimum Gasteiger partial charge on any atom is -0.354 e. The highest BCUT2D eigenvalue weighted by molar-refractivity contribution is 7.16. The van der Waals surface area contributed by atoms with Gasteiger partial charge >= 0.3 is 0 Å². The van der Waals surface area contributed by atoms with Crippen molar-refractivity contribution in [2.75, 3.05) is 11.9 Å². The summed E-state index contributed by atoms with van der Waals surface area (Å²) in [5.41, 5.74) is -1.05. The second-order valence-electron chi connectivity index (χ2n) is 9.56. The highest BCUT2D eigenvalue weighted by Gasteiger charge is 2.29. The molecule has 0 radical (unpaired) electrons. The number of halogens is 1. The maximum absolute atomic E-state index is 13.3. The second-order valence-corrected chi connectivity index (χ2v) is 11.4. The van der Waals surface area contributed by atoms with Crippen molar-refractivity contribution >= 4 is 40.4 Å². The van der Waals surface area contributed by atoms with E-state index in [2.05, 4.69) is 15.1 Å². The van der Waals surface area contributed by atoms with E-state index >= 15 is 0 Å². The van der Waals surface area contributed by atoms with Crippen LogP contribution in [0.1, 0.15) is 46.6 Å². The molecule has 0 aliphatic rings. The second kappa shape index (κ2) is 10.7. The number of carbonyl (C=O) groups excluding carboxylic acids is 2. The summed E-state index contributed by atoms with van der Waals surface area (Å²) >= 11 is 7.51. The van der Waals surface area contributed by atoms with E-state index in [0.29, 0.717) is 16.7 Å². The largest absolute Gasteiger partial charge is 0.354 e. The van der Waals surface area contributed by atoms with E-state index in [1.54, 1.807) is 39.0 Å². The average molecular weight is 550 g/mol. The van der Waals surface area contributed by atoms with Crippen LogP contribution in [-0.4, -0.2) is 43.1 Å². The van der Waals surface area contributed by atoms with Gasteiger partial charge in [0.05, 0.1) is 23.1 Å². The zero-order valence-corrected chi connectivity index (χ0v) is 22.7. The predicted octanol–water partition coefficient (Wildman–Crippen LogP) is 4.29. The van der Waals surface area contributed by atoms with Crippen LogP contribution in [0, 0.1) is 16.7 Å². The van der Waals surface area contributed by atoms with Gasteiger partial charge in [-0.1, -0.05) is 32.4 Å². The average Bonchev–Trinajstić information content (AvgIpc) is 3.50. The molecule has 38 heavy (non-hydrogen) atoms. The van der Waals surface area contributed by atoms with Crippen molar-refractivity contribution in [3.8, 4) is 17.3 Å². The minimum absolute atomic E-state index is 0.0267. The summed E-state index contributed by atoms with van der Waals surface area (Å²) in [6.45, 7) is 5.50. The molecule has 0 aliphatic heterocycles. The van der Waals surface area contributed by atoms with Gasteiger partial charge < -0.3 is 9.47 Å². The van der Waals surface area contributed by atoms with Crippen LogP contribution < -0.4 is 10.5 Å². The van der Waals surface area contributed by atoms with Crippen LogP contribution >= 0.6 is 22.9 Å². The molecule has 4 rings (SSSR count). The van der Waals surface area contributed by atoms with Gasteiger partial charge in [-0.25, -0.2) is 9.97 Å². The van der Waals surface area contributed by atoms with Crippen LogP contribution in [0.3, 0.4) is 0 Å². The molecule has 0 fully saturated rings. The van der Waals surface area contributed by atoms with Crippen LogP contribution in [0.25, 0.3) is 11.3 Å². The Bertz CT molecular complexity index is 1610. The smallest absolute Gasteiger partial charge is 0.269 e. The molecule has 0 saturated carbocycles. The van der Waals surface area contributed by atoms with Crippen LogP contribution in [0.5, 0.6) is 0 Å². The van der Waals surface area contributed by atoms with Gasteiger partial charge in [-0.15, -0.1) is 11.3 Å². The van der Waals surface area contributed by atoms with E-state index in [1.807, 2.05) is 24.1 Å². The molecule has 194 valence electrons. The Balaban J connectivity index is 1.75. The summed E-state index contributed by atoms with van der Waals surface area (Å²) < 4.78 is 3.09. The number of thiophene rings is 1. The number of carbonyl (C=O) groups is 2. The molecular weight excluding hydrogens is 526 g/mol. The van der Waals surface area contributed by atoms with Crippen molar-refractivity contribution in [1.29, 1.82) is 5.26 Å². The fourth-order valence-corrected chi connectivity index (χ4v) is 4.82. The molecule has 4 heterocycles. The number of pyridine rings is 1. The standard InChI is InChI=1S/C26H24ClN7O3S/c1-26(2,3)25(37)34-22(32(4)14-16-6-7-21(27)38-16)12-19(31-34)17-8-11-33(24(36)18(17)13-28)15-20(35)23-29-9-5-10-30-23/h5-12H,14-15H2,1-4H3. The summed E-state index contributed by atoms with van der Waals surface area (Å²) in [7, 11) is 1.82. The quantitative estimate of drug-likeness (QED) is 0.312. The number of Topliss-reactive ketones (excluding diaryl/α,β-unsaturated/α-hetero) is 1. The first kappa shape index (κ1) is 26.9. The van der Waals surface area contributed by atoms with Gasteiger partial charge in [0.1, 0.15) is 17.5 Å². The predicted molar refractivity (Wildman–Crippen MR) is 145 cm³/mol.